The summed E-state index contributed by atoms with van der Waals surface area (Å²) in [5, 5.41) is 7.96. The van der Waals surface area contributed by atoms with E-state index in [1.54, 1.807) is 20.0 Å². The van der Waals surface area contributed by atoms with Crippen LogP contribution < -0.4 is 21.7 Å². The minimum absolute atomic E-state index is 0.141. The molecule has 11 heteroatoms. The molecule has 1 aromatic rings. The van der Waals surface area contributed by atoms with E-state index in [-0.39, 0.29) is 6.42 Å². The first-order valence-corrected chi connectivity index (χ1v) is 9.19. The molecule has 4 atom stereocenters. The molecule has 5 amide bonds. The van der Waals surface area contributed by atoms with Crippen molar-refractivity contribution in [3.8, 4) is 0 Å². The fourth-order valence-corrected chi connectivity index (χ4v) is 3.62. The minimum Gasteiger partial charge on any atom is -0.368 e. The summed E-state index contributed by atoms with van der Waals surface area (Å²) in [4.78, 5) is 57.7. The van der Waals surface area contributed by atoms with E-state index in [9.17, 15) is 19.2 Å². The summed E-state index contributed by atoms with van der Waals surface area (Å²) >= 11 is 0. The molecule has 1 aromatic heterocycles. The highest BCUT2D eigenvalue weighted by molar-refractivity contribution is 5.98. The first-order valence-electron chi connectivity index (χ1n) is 9.19. The van der Waals surface area contributed by atoms with E-state index < -0.39 is 47.4 Å². The lowest BCUT2D eigenvalue weighted by molar-refractivity contribution is -0.141. The van der Waals surface area contributed by atoms with Gasteiger partial charge in [-0.1, -0.05) is 0 Å². The van der Waals surface area contributed by atoms with E-state index in [1.807, 2.05) is 0 Å². The van der Waals surface area contributed by atoms with Crippen LogP contribution >= 0.6 is 0 Å². The molecule has 0 radical (unpaired) electrons. The molecular weight excluding hydrogens is 366 g/mol. The highest BCUT2D eigenvalue weighted by Gasteiger charge is 2.47. The van der Waals surface area contributed by atoms with Gasteiger partial charge in [0.1, 0.15) is 17.6 Å². The summed E-state index contributed by atoms with van der Waals surface area (Å²) in [6.07, 6.45) is 4.41. The second-order valence-electron chi connectivity index (χ2n) is 7.41. The molecule has 3 heterocycles. The van der Waals surface area contributed by atoms with E-state index in [2.05, 4.69) is 25.9 Å². The number of hydrogen-bond donors (Lipinski definition) is 5. The topological polar surface area (TPSA) is 162 Å². The van der Waals surface area contributed by atoms with Gasteiger partial charge in [-0.2, -0.15) is 0 Å². The number of nitrogens with zero attached hydrogens (tertiary/aromatic N) is 2. The molecule has 0 aliphatic carbocycles. The second kappa shape index (κ2) is 7.49. The van der Waals surface area contributed by atoms with Crippen LogP contribution in [0.2, 0.25) is 0 Å². The monoisotopic (exact) mass is 391 g/mol. The van der Waals surface area contributed by atoms with Crippen LogP contribution in [-0.4, -0.2) is 68.8 Å². The van der Waals surface area contributed by atoms with Crippen LogP contribution in [0.4, 0.5) is 4.79 Å². The molecule has 0 aromatic carbocycles. The number of carbonyl (C=O) groups excluding carboxylic acids is 4. The number of hydrogen-bond acceptors (Lipinski definition) is 5. The van der Waals surface area contributed by atoms with Crippen LogP contribution in [0.3, 0.4) is 0 Å². The van der Waals surface area contributed by atoms with Crippen molar-refractivity contribution in [2.24, 2.45) is 5.73 Å². The molecule has 6 N–H and O–H groups in total. The molecule has 2 aliphatic rings. The molecule has 11 nitrogen and oxygen atoms in total. The highest BCUT2D eigenvalue weighted by Crippen LogP contribution is 2.20. The quantitative estimate of drug-likeness (QED) is 0.393. The van der Waals surface area contributed by atoms with Gasteiger partial charge in [-0.25, -0.2) is 9.78 Å². The zero-order valence-corrected chi connectivity index (χ0v) is 15.8. The Morgan fingerprint density at radius 3 is 2.79 bits per heavy atom. The van der Waals surface area contributed by atoms with Crippen LogP contribution in [0.15, 0.2) is 12.5 Å². The van der Waals surface area contributed by atoms with E-state index in [1.165, 1.54) is 11.2 Å². The number of H-pyrrole nitrogens is 1. The second-order valence-corrected chi connectivity index (χ2v) is 7.41. The van der Waals surface area contributed by atoms with Crippen molar-refractivity contribution >= 4 is 23.8 Å². The van der Waals surface area contributed by atoms with E-state index in [0.717, 1.165) is 0 Å². The molecule has 2 fully saturated rings. The Morgan fingerprint density at radius 2 is 2.21 bits per heavy atom. The third-order valence-electron chi connectivity index (χ3n) is 5.49. The number of imidazole rings is 1. The maximum Gasteiger partial charge on any atom is 0.316 e. The summed E-state index contributed by atoms with van der Waals surface area (Å²) in [6, 6.07) is -2.55. The lowest BCUT2D eigenvalue weighted by Crippen LogP contribution is -2.62. The first-order chi connectivity index (χ1) is 13.2. The Kier molecular flexibility index (Phi) is 5.25. The lowest BCUT2D eigenvalue weighted by Gasteiger charge is -2.31. The number of likely N-dealkylation sites (tertiary alicyclic amines) is 1. The van der Waals surface area contributed by atoms with Gasteiger partial charge in [0.25, 0.3) is 0 Å². The van der Waals surface area contributed by atoms with Crippen molar-refractivity contribution in [1.82, 2.24) is 30.8 Å². The number of aromatic amines is 1. The Morgan fingerprint density at radius 1 is 1.46 bits per heavy atom. The maximum absolute atomic E-state index is 13.1. The third-order valence-corrected chi connectivity index (χ3v) is 5.49. The zero-order valence-electron chi connectivity index (χ0n) is 15.8. The van der Waals surface area contributed by atoms with Gasteiger partial charge < -0.3 is 31.6 Å². The van der Waals surface area contributed by atoms with Crippen LogP contribution in [0.25, 0.3) is 0 Å². The number of nitrogens with two attached hydrogens (primary N) is 1. The van der Waals surface area contributed by atoms with Crippen molar-refractivity contribution in [3.63, 3.8) is 0 Å². The Bertz CT molecular complexity index is 780. The smallest absolute Gasteiger partial charge is 0.316 e. The van der Waals surface area contributed by atoms with E-state index >= 15 is 0 Å². The summed E-state index contributed by atoms with van der Waals surface area (Å²) in [5.41, 5.74) is 4.79. The van der Waals surface area contributed by atoms with E-state index in [0.29, 0.717) is 25.1 Å². The predicted molar refractivity (Wildman–Crippen MR) is 97.7 cm³/mol. The zero-order chi connectivity index (χ0) is 20.5. The minimum atomic E-state index is -1.21. The molecule has 152 valence electrons. The molecule has 2 unspecified atom stereocenters. The average molecular weight is 391 g/mol. The van der Waals surface area contributed by atoms with Gasteiger partial charge in [0.2, 0.25) is 17.7 Å². The number of aromatic nitrogens is 2. The highest BCUT2D eigenvalue weighted by atomic mass is 16.2. The lowest BCUT2D eigenvalue weighted by atomic mass is 9.93. The van der Waals surface area contributed by atoms with Gasteiger partial charge in [-0.05, 0) is 26.7 Å². The van der Waals surface area contributed by atoms with Crippen LogP contribution in [0.1, 0.15) is 32.4 Å². The SMILES string of the molecule is CC1NC(=O)NC1(C)C(=O)N[C@@H](Cc1c[nH]cn1)C(=O)N1CCC[C@H]1C(N)=O. The van der Waals surface area contributed by atoms with Gasteiger partial charge in [-0.15, -0.1) is 0 Å². The normalized spacial score (nSPS) is 27.8. The molecule has 2 aliphatic heterocycles. The van der Waals surface area contributed by atoms with Crippen molar-refractivity contribution < 1.29 is 19.2 Å². The van der Waals surface area contributed by atoms with E-state index in [4.69, 9.17) is 5.73 Å². The standard InChI is InChI=1S/C17H25N7O4/c1-9-17(2,23-16(28)21-9)15(27)22-11(6-10-7-19-8-20-10)14(26)24-5-3-4-12(24)13(18)25/h7-9,11-12H,3-6H2,1-2H3,(H2,18,25)(H,19,20)(H,22,27)(H2,21,23,28)/t9?,11-,12-,17?/m0/s1. The number of primary amides is 1. The number of carbonyl (C=O) groups is 4. The van der Waals surface area contributed by atoms with Crippen LogP contribution in [0, 0.1) is 0 Å². The van der Waals surface area contributed by atoms with Crippen molar-refractivity contribution in [1.29, 1.82) is 0 Å². The largest absolute Gasteiger partial charge is 0.368 e. The van der Waals surface area contributed by atoms with Gasteiger partial charge in [-0.3, -0.25) is 14.4 Å². The van der Waals surface area contributed by atoms with Gasteiger partial charge >= 0.3 is 6.03 Å². The average Bonchev–Trinajstić information content (AvgIpc) is 3.35. The van der Waals surface area contributed by atoms with Gasteiger partial charge in [0.05, 0.1) is 18.1 Å². The van der Waals surface area contributed by atoms with Gasteiger partial charge in [0.15, 0.2) is 0 Å². The van der Waals surface area contributed by atoms with Crippen molar-refractivity contribution in [2.45, 2.75) is 56.8 Å². The fourth-order valence-electron chi connectivity index (χ4n) is 3.62. The molecule has 3 rings (SSSR count). The maximum atomic E-state index is 13.1. The molecule has 0 spiro atoms. The van der Waals surface area contributed by atoms with Crippen LogP contribution in [0.5, 0.6) is 0 Å². The first kappa shape index (κ1) is 19.6. The summed E-state index contributed by atoms with van der Waals surface area (Å²) < 4.78 is 0. The summed E-state index contributed by atoms with van der Waals surface area (Å²) in [6.45, 7) is 3.68. The fraction of sp³-hybridized carbons (Fsp3) is 0.588. The number of rotatable bonds is 6. The Hall–Kier alpha value is -3.11. The summed E-state index contributed by atoms with van der Waals surface area (Å²) in [5.74, 6) is -1.46. The Balaban J connectivity index is 1.81. The summed E-state index contributed by atoms with van der Waals surface area (Å²) in [7, 11) is 0. The molecule has 28 heavy (non-hydrogen) atoms. The number of nitrogens with one attached hydrogen (secondary N) is 4. The van der Waals surface area contributed by atoms with Crippen LogP contribution in [-0.2, 0) is 20.8 Å². The van der Waals surface area contributed by atoms with Gasteiger partial charge in [0, 0.05) is 19.2 Å². The number of urea groups is 1. The molecular formula is C17H25N7O4. The van der Waals surface area contributed by atoms with Crippen molar-refractivity contribution in [3.05, 3.63) is 18.2 Å². The third kappa shape index (κ3) is 3.64. The van der Waals surface area contributed by atoms with Crippen molar-refractivity contribution in [2.75, 3.05) is 6.54 Å². The number of amides is 5. The molecule has 2 saturated heterocycles. The Labute approximate surface area is 161 Å². The molecule has 0 saturated carbocycles. The molecule has 0 bridgehead atoms. The predicted octanol–water partition coefficient (Wildman–Crippen LogP) is -1.63.